The Morgan fingerprint density at radius 1 is 1.07 bits per heavy atom. The molecule has 29 heavy (non-hydrogen) atoms. The summed E-state index contributed by atoms with van der Waals surface area (Å²) in [5.41, 5.74) is 0.698. The molecule has 2 aromatic rings. The molecule has 1 aliphatic rings. The molecule has 0 atom stereocenters. The second-order valence-electron chi connectivity index (χ2n) is 8.79. The van der Waals surface area contributed by atoms with Crippen molar-refractivity contribution >= 4 is 11.9 Å². The van der Waals surface area contributed by atoms with Gasteiger partial charge in [-0.05, 0) is 58.2 Å². The van der Waals surface area contributed by atoms with Crippen molar-refractivity contribution < 1.29 is 14.0 Å². The number of hydrogen-bond donors (Lipinski definition) is 1. The van der Waals surface area contributed by atoms with Crippen LogP contribution in [0.15, 0.2) is 46.9 Å². The van der Waals surface area contributed by atoms with E-state index in [1.807, 2.05) is 70.2 Å². The van der Waals surface area contributed by atoms with Crippen LogP contribution < -0.4 is 5.32 Å². The van der Waals surface area contributed by atoms with E-state index in [-0.39, 0.29) is 30.1 Å². The Balaban J connectivity index is 1.74. The molecule has 1 saturated carbocycles. The van der Waals surface area contributed by atoms with Crippen LogP contribution in [-0.4, -0.2) is 39.9 Å². The predicted octanol–water partition coefficient (Wildman–Crippen LogP) is 4.09. The molecule has 0 spiro atoms. The van der Waals surface area contributed by atoms with Gasteiger partial charge in [-0.2, -0.15) is 0 Å². The number of carbonyl (C=O) groups excluding carboxylic acids is 2. The minimum absolute atomic E-state index is 0.0686. The van der Waals surface area contributed by atoms with E-state index < -0.39 is 0 Å². The van der Waals surface area contributed by atoms with Crippen molar-refractivity contribution in [2.45, 2.75) is 65.2 Å². The van der Waals surface area contributed by atoms with Crippen LogP contribution in [0.2, 0.25) is 0 Å². The normalized spacial score (nSPS) is 13.8. The predicted molar refractivity (Wildman–Crippen MR) is 112 cm³/mol. The number of benzene rings is 1. The second kappa shape index (κ2) is 8.72. The number of furan rings is 1. The summed E-state index contributed by atoms with van der Waals surface area (Å²) in [6.45, 7) is 8.63. The molecule has 6 nitrogen and oxygen atoms in total. The van der Waals surface area contributed by atoms with Crippen LogP contribution in [0.5, 0.6) is 0 Å². The Kier molecular flexibility index (Phi) is 6.30. The molecule has 1 heterocycles. The van der Waals surface area contributed by atoms with E-state index in [0.717, 1.165) is 29.9 Å². The molecule has 1 aliphatic carbocycles. The lowest BCUT2D eigenvalue weighted by Gasteiger charge is -2.30. The zero-order valence-corrected chi connectivity index (χ0v) is 17.8. The first kappa shape index (κ1) is 21.0. The summed E-state index contributed by atoms with van der Waals surface area (Å²) in [7, 11) is 0. The number of carbonyl (C=O) groups is 2. The Bertz CT molecular complexity index is 835. The minimum Gasteiger partial charge on any atom is -0.464 e. The largest absolute Gasteiger partial charge is 0.464 e. The number of urea groups is 1. The summed E-state index contributed by atoms with van der Waals surface area (Å²) in [6.07, 6.45) is 1.89. The van der Waals surface area contributed by atoms with Gasteiger partial charge < -0.3 is 19.5 Å². The number of amides is 3. The van der Waals surface area contributed by atoms with E-state index in [0.29, 0.717) is 13.1 Å². The highest BCUT2D eigenvalue weighted by Gasteiger charge is 2.36. The van der Waals surface area contributed by atoms with Gasteiger partial charge in [-0.25, -0.2) is 4.79 Å². The van der Waals surface area contributed by atoms with Crippen molar-refractivity contribution in [3.05, 3.63) is 59.5 Å². The molecule has 1 fully saturated rings. The highest BCUT2D eigenvalue weighted by Crippen LogP contribution is 2.27. The van der Waals surface area contributed by atoms with Crippen LogP contribution in [0.3, 0.4) is 0 Å². The molecule has 0 radical (unpaired) electrons. The lowest BCUT2D eigenvalue weighted by Crippen LogP contribution is -2.52. The maximum absolute atomic E-state index is 13.2. The topological polar surface area (TPSA) is 65.8 Å². The van der Waals surface area contributed by atoms with Crippen molar-refractivity contribution in [3.63, 3.8) is 0 Å². The molecule has 0 unspecified atom stereocenters. The molecule has 1 N–H and O–H groups in total. The maximum atomic E-state index is 13.2. The van der Waals surface area contributed by atoms with E-state index >= 15 is 0 Å². The summed E-state index contributed by atoms with van der Waals surface area (Å²) < 4.78 is 5.69. The fourth-order valence-electron chi connectivity index (χ4n) is 3.19. The van der Waals surface area contributed by atoms with E-state index in [4.69, 9.17) is 4.42 Å². The molecule has 156 valence electrons. The molecule has 6 heteroatoms. The van der Waals surface area contributed by atoms with Crippen LogP contribution >= 0.6 is 0 Å². The molecule has 1 aromatic heterocycles. The molecule has 3 amide bonds. The van der Waals surface area contributed by atoms with Gasteiger partial charge in [-0.1, -0.05) is 30.3 Å². The third kappa shape index (κ3) is 6.38. The van der Waals surface area contributed by atoms with Gasteiger partial charge in [-0.15, -0.1) is 0 Å². The molecular weight excluding hydrogens is 366 g/mol. The van der Waals surface area contributed by atoms with Gasteiger partial charge in [0.1, 0.15) is 18.1 Å². The fourth-order valence-corrected chi connectivity index (χ4v) is 3.19. The lowest BCUT2D eigenvalue weighted by molar-refractivity contribution is -0.133. The van der Waals surface area contributed by atoms with Gasteiger partial charge in [-0.3, -0.25) is 4.79 Å². The first-order valence-corrected chi connectivity index (χ1v) is 10.2. The lowest BCUT2D eigenvalue weighted by atomic mass is 10.1. The van der Waals surface area contributed by atoms with Crippen LogP contribution in [0.1, 0.15) is 50.7 Å². The average molecular weight is 398 g/mol. The van der Waals surface area contributed by atoms with E-state index in [2.05, 4.69) is 5.32 Å². The average Bonchev–Trinajstić information content (AvgIpc) is 3.40. The van der Waals surface area contributed by atoms with Crippen molar-refractivity contribution in [1.82, 2.24) is 15.1 Å². The van der Waals surface area contributed by atoms with Crippen molar-refractivity contribution in [3.8, 4) is 0 Å². The van der Waals surface area contributed by atoms with Crippen molar-refractivity contribution in [1.29, 1.82) is 0 Å². The standard InChI is InChI=1S/C23H31N3O3/c1-17-10-13-20(29-17)15-25(14-18-8-6-5-7-9-18)21(27)16-26(19-11-12-19)22(28)24-23(2,3)4/h5-10,13,19H,11-12,14-16H2,1-4H3,(H,24,28). The number of hydrogen-bond acceptors (Lipinski definition) is 3. The van der Waals surface area contributed by atoms with Crippen LogP contribution in [0, 0.1) is 6.92 Å². The quantitative estimate of drug-likeness (QED) is 0.765. The first-order chi connectivity index (χ1) is 13.7. The number of nitrogens with zero attached hydrogens (tertiary/aromatic N) is 2. The number of nitrogens with one attached hydrogen (secondary N) is 1. The molecule has 1 aromatic carbocycles. The van der Waals surface area contributed by atoms with Gasteiger partial charge in [0, 0.05) is 18.1 Å². The first-order valence-electron chi connectivity index (χ1n) is 10.2. The summed E-state index contributed by atoms with van der Waals surface area (Å²) in [5.74, 6) is 1.47. The van der Waals surface area contributed by atoms with Crippen LogP contribution in [0.4, 0.5) is 4.79 Å². The van der Waals surface area contributed by atoms with E-state index in [9.17, 15) is 9.59 Å². The highest BCUT2D eigenvalue weighted by molar-refractivity contribution is 5.84. The van der Waals surface area contributed by atoms with E-state index in [1.54, 1.807) is 9.80 Å². The Hall–Kier alpha value is -2.76. The molecule has 0 saturated heterocycles. The maximum Gasteiger partial charge on any atom is 0.318 e. The Labute approximate surface area is 172 Å². The van der Waals surface area contributed by atoms with Gasteiger partial charge in [0.05, 0.1) is 6.54 Å². The fraction of sp³-hybridized carbons (Fsp3) is 0.478. The van der Waals surface area contributed by atoms with Gasteiger partial charge in [0.2, 0.25) is 5.91 Å². The zero-order valence-electron chi connectivity index (χ0n) is 17.8. The van der Waals surface area contributed by atoms with Gasteiger partial charge in [0.25, 0.3) is 0 Å². The summed E-state index contributed by atoms with van der Waals surface area (Å²) in [6, 6.07) is 13.6. The summed E-state index contributed by atoms with van der Waals surface area (Å²) in [4.78, 5) is 29.4. The summed E-state index contributed by atoms with van der Waals surface area (Å²) in [5, 5.41) is 2.99. The van der Waals surface area contributed by atoms with Gasteiger partial charge >= 0.3 is 6.03 Å². The van der Waals surface area contributed by atoms with Crippen LogP contribution in [-0.2, 0) is 17.9 Å². The number of rotatable bonds is 7. The molecule has 0 bridgehead atoms. The molecular formula is C23H31N3O3. The summed E-state index contributed by atoms with van der Waals surface area (Å²) >= 11 is 0. The monoisotopic (exact) mass is 397 g/mol. The smallest absolute Gasteiger partial charge is 0.318 e. The third-order valence-corrected chi connectivity index (χ3v) is 4.75. The Morgan fingerprint density at radius 2 is 1.76 bits per heavy atom. The van der Waals surface area contributed by atoms with Crippen molar-refractivity contribution in [2.24, 2.45) is 0 Å². The second-order valence-corrected chi connectivity index (χ2v) is 8.79. The van der Waals surface area contributed by atoms with Crippen molar-refractivity contribution in [2.75, 3.05) is 6.54 Å². The minimum atomic E-state index is -0.345. The van der Waals surface area contributed by atoms with E-state index in [1.165, 1.54) is 0 Å². The number of aryl methyl sites for hydroxylation is 1. The highest BCUT2D eigenvalue weighted by atomic mass is 16.3. The van der Waals surface area contributed by atoms with Crippen LogP contribution in [0.25, 0.3) is 0 Å². The molecule has 0 aliphatic heterocycles. The Morgan fingerprint density at radius 3 is 2.31 bits per heavy atom. The SMILES string of the molecule is Cc1ccc(CN(Cc2ccccc2)C(=O)CN(C(=O)NC(C)(C)C)C2CC2)o1. The molecule has 3 rings (SSSR count). The third-order valence-electron chi connectivity index (χ3n) is 4.75. The zero-order chi connectivity index (χ0) is 21.0. The van der Waals surface area contributed by atoms with Gasteiger partial charge in [0.15, 0.2) is 0 Å².